The van der Waals surface area contributed by atoms with Gasteiger partial charge in [0.15, 0.2) is 6.10 Å². The second-order valence-electron chi connectivity index (χ2n) is 7.03. The minimum Gasteiger partial charge on any atom is -0.469 e. The van der Waals surface area contributed by atoms with Gasteiger partial charge in [0.05, 0.1) is 29.0 Å². The molecule has 3 atom stereocenters. The van der Waals surface area contributed by atoms with Crippen LogP contribution in [-0.4, -0.2) is 54.4 Å². The number of nitrogens with one attached hydrogen (secondary N) is 1. The molecule has 1 aliphatic heterocycles. The van der Waals surface area contributed by atoms with E-state index in [0.717, 1.165) is 0 Å². The van der Waals surface area contributed by atoms with Crippen LogP contribution in [0.15, 0.2) is 0 Å². The zero-order valence-electron chi connectivity index (χ0n) is 15.9. The smallest absolute Gasteiger partial charge is 0.469 e. The van der Waals surface area contributed by atoms with Crippen molar-refractivity contribution in [2.75, 3.05) is 27.1 Å². The van der Waals surface area contributed by atoms with E-state index in [2.05, 4.69) is 10.1 Å². The Bertz CT molecular complexity index is 617. The van der Waals surface area contributed by atoms with Crippen LogP contribution >= 0.6 is 30.4 Å². The maximum absolute atomic E-state index is 12.6. The summed E-state index contributed by atoms with van der Waals surface area (Å²) >= 11 is 1.95. The molecule has 0 aromatic carbocycles. The number of halogens is 1. The van der Waals surface area contributed by atoms with Gasteiger partial charge in [-0.2, -0.15) is 0 Å². The highest BCUT2D eigenvalue weighted by molar-refractivity contribution is 14.1. The van der Waals surface area contributed by atoms with Gasteiger partial charge < -0.3 is 14.8 Å². The number of carbonyl (C=O) groups is 3. The van der Waals surface area contributed by atoms with Crippen molar-refractivity contribution in [1.29, 1.82) is 0 Å². The van der Waals surface area contributed by atoms with Crippen molar-refractivity contribution < 1.29 is 42.0 Å². The van der Waals surface area contributed by atoms with Gasteiger partial charge in [-0.3, -0.25) is 23.4 Å². The monoisotopic (exact) mass is 521 g/mol. The number of phosphoric ester groups is 1. The molecule has 0 saturated carbocycles. The van der Waals surface area contributed by atoms with Crippen molar-refractivity contribution in [3.05, 3.63) is 0 Å². The average Bonchev–Trinajstić information content (AvgIpc) is 2.56. The van der Waals surface area contributed by atoms with Gasteiger partial charge in [-0.1, -0.05) is 22.6 Å². The molecule has 1 amide bonds. The highest BCUT2D eigenvalue weighted by Crippen LogP contribution is 2.57. The molecule has 1 saturated heterocycles. The maximum Gasteiger partial charge on any atom is 0.478 e. The summed E-state index contributed by atoms with van der Waals surface area (Å²) in [5.41, 5.74) is -0.755. The van der Waals surface area contributed by atoms with Gasteiger partial charge in [0.25, 0.3) is 5.91 Å². The van der Waals surface area contributed by atoms with Crippen LogP contribution < -0.4 is 5.32 Å². The summed E-state index contributed by atoms with van der Waals surface area (Å²) in [6.45, 7) is 5.95. The molecular weight excluding hydrogens is 496 g/mol. The normalized spacial score (nSPS) is 28.3. The Labute approximate surface area is 171 Å². The molecule has 0 aliphatic carbocycles. The lowest BCUT2D eigenvalue weighted by molar-refractivity contribution is -0.162. The summed E-state index contributed by atoms with van der Waals surface area (Å²) in [5, 5.41) is 2.52. The first-order valence-electron chi connectivity index (χ1n) is 8.09. The third-order valence-electron chi connectivity index (χ3n) is 3.39. The van der Waals surface area contributed by atoms with Gasteiger partial charge in [0.2, 0.25) is 6.79 Å². The average molecular weight is 521 g/mol. The van der Waals surface area contributed by atoms with Crippen LogP contribution in [0.4, 0.5) is 0 Å². The second kappa shape index (κ2) is 9.64. The first kappa shape index (κ1) is 24.3. The number of phosphoric acid groups is 1. The minimum absolute atomic E-state index is 0.0136. The van der Waals surface area contributed by atoms with Crippen LogP contribution in [0.2, 0.25) is 0 Å². The number of carbonyl (C=O) groups excluding carboxylic acids is 3. The third kappa shape index (κ3) is 7.65. The molecule has 0 aromatic rings. The Balaban J connectivity index is 2.65. The fourth-order valence-electron chi connectivity index (χ4n) is 1.78. The fraction of sp³-hybridized carbons (Fsp3) is 0.800. The Morgan fingerprint density at radius 2 is 1.96 bits per heavy atom. The standard InChI is InChI=1S/C15H25INO9P/c1-14(2,3)13(20)23-9-25-27(21)24-8-15(4,16)11(26-27)12(19)17-7-6-10(18)22-5/h11H,6-9H2,1-5H3,(H,17,19)/t11-,15?,27+/m0/s1. The summed E-state index contributed by atoms with van der Waals surface area (Å²) in [7, 11) is -2.86. The van der Waals surface area contributed by atoms with Gasteiger partial charge in [0.1, 0.15) is 0 Å². The van der Waals surface area contributed by atoms with E-state index in [4.69, 9.17) is 18.3 Å². The van der Waals surface area contributed by atoms with Crippen molar-refractivity contribution in [2.45, 2.75) is 43.6 Å². The van der Waals surface area contributed by atoms with Gasteiger partial charge in [0, 0.05) is 6.54 Å². The number of ether oxygens (including phenoxy) is 2. The molecule has 1 fully saturated rings. The third-order valence-corrected chi connectivity index (χ3v) is 5.61. The zero-order valence-corrected chi connectivity index (χ0v) is 19.0. The Morgan fingerprint density at radius 1 is 1.33 bits per heavy atom. The first-order chi connectivity index (χ1) is 12.3. The zero-order chi connectivity index (χ0) is 20.9. The van der Waals surface area contributed by atoms with Gasteiger partial charge >= 0.3 is 19.8 Å². The summed E-state index contributed by atoms with van der Waals surface area (Å²) in [5.74, 6) is -1.60. The largest absolute Gasteiger partial charge is 0.478 e. The SMILES string of the molecule is COC(=O)CCNC(=O)[C@@H]1O[P@@](=O)(OCOC(=O)C(C)(C)C)OCC1(C)I. The summed E-state index contributed by atoms with van der Waals surface area (Å²) in [4.78, 5) is 35.2. The second-order valence-corrected chi connectivity index (χ2v) is 11.1. The predicted octanol–water partition coefficient (Wildman–Crippen LogP) is 1.95. The predicted molar refractivity (Wildman–Crippen MR) is 102 cm³/mol. The van der Waals surface area contributed by atoms with Crippen molar-refractivity contribution in [3.8, 4) is 0 Å². The van der Waals surface area contributed by atoms with Crippen LogP contribution in [0.3, 0.4) is 0 Å². The first-order valence-corrected chi connectivity index (χ1v) is 10.6. The molecule has 1 aliphatic rings. The fourth-order valence-corrected chi connectivity index (χ4v) is 4.19. The van der Waals surface area contributed by atoms with Gasteiger partial charge in [-0.25, -0.2) is 9.09 Å². The lowest BCUT2D eigenvalue weighted by Gasteiger charge is -2.38. The van der Waals surface area contributed by atoms with Crippen molar-refractivity contribution in [3.63, 3.8) is 0 Å². The van der Waals surface area contributed by atoms with E-state index in [1.54, 1.807) is 27.7 Å². The van der Waals surface area contributed by atoms with Crippen molar-refractivity contribution in [2.24, 2.45) is 5.41 Å². The van der Waals surface area contributed by atoms with E-state index in [1.807, 2.05) is 22.6 Å². The number of alkyl halides is 1. The number of methoxy groups -OCH3 is 1. The quantitative estimate of drug-likeness (QED) is 0.176. The molecule has 0 radical (unpaired) electrons. The topological polar surface area (TPSA) is 126 Å². The van der Waals surface area contributed by atoms with Crippen LogP contribution in [0.1, 0.15) is 34.1 Å². The molecule has 1 rings (SSSR count). The highest BCUT2D eigenvalue weighted by atomic mass is 127. The Morgan fingerprint density at radius 3 is 2.52 bits per heavy atom. The Hall–Kier alpha value is -0.750. The number of hydrogen-bond donors (Lipinski definition) is 1. The number of hydrogen-bond acceptors (Lipinski definition) is 9. The molecule has 1 N–H and O–H groups in total. The van der Waals surface area contributed by atoms with Crippen molar-refractivity contribution >= 4 is 48.3 Å². The number of amides is 1. The summed E-state index contributed by atoms with van der Waals surface area (Å²) in [6, 6.07) is 0. The molecule has 12 heteroatoms. The number of rotatable bonds is 7. The van der Waals surface area contributed by atoms with E-state index in [-0.39, 0.29) is 19.6 Å². The number of esters is 2. The van der Waals surface area contributed by atoms with E-state index in [9.17, 15) is 18.9 Å². The van der Waals surface area contributed by atoms with Crippen LogP contribution in [0.5, 0.6) is 0 Å². The lowest BCUT2D eigenvalue weighted by atomic mass is 9.98. The highest BCUT2D eigenvalue weighted by Gasteiger charge is 2.50. The molecule has 1 unspecified atom stereocenters. The molecule has 1 heterocycles. The molecule has 27 heavy (non-hydrogen) atoms. The van der Waals surface area contributed by atoms with Crippen LogP contribution in [0.25, 0.3) is 0 Å². The summed E-state index contributed by atoms with van der Waals surface area (Å²) in [6.07, 6.45) is -1.17. The van der Waals surface area contributed by atoms with Gasteiger partial charge in [-0.05, 0) is 27.7 Å². The minimum atomic E-state index is -4.10. The van der Waals surface area contributed by atoms with Gasteiger partial charge in [-0.15, -0.1) is 0 Å². The van der Waals surface area contributed by atoms with Crippen LogP contribution in [-0.2, 0) is 42.0 Å². The molecule has 156 valence electrons. The summed E-state index contributed by atoms with van der Waals surface area (Å²) < 4.78 is 36.5. The van der Waals surface area contributed by atoms with Crippen LogP contribution in [0, 0.1) is 5.41 Å². The van der Waals surface area contributed by atoms with Crippen molar-refractivity contribution in [1.82, 2.24) is 5.32 Å². The van der Waals surface area contributed by atoms with E-state index < -0.39 is 47.4 Å². The Kier molecular flexibility index (Phi) is 8.67. The van der Waals surface area contributed by atoms with E-state index in [0.29, 0.717) is 0 Å². The molecule has 0 aromatic heterocycles. The van der Waals surface area contributed by atoms with E-state index in [1.165, 1.54) is 7.11 Å². The molecule has 0 bridgehead atoms. The van der Waals surface area contributed by atoms with E-state index >= 15 is 0 Å². The maximum atomic E-state index is 12.6. The molecular formula is C15H25INO9P. The lowest BCUT2D eigenvalue weighted by Crippen LogP contribution is -2.52. The molecule has 10 nitrogen and oxygen atoms in total. The molecule has 0 spiro atoms.